The van der Waals surface area contributed by atoms with Crippen molar-refractivity contribution in [2.75, 3.05) is 52.9 Å². The summed E-state index contributed by atoms with van der Waals surface area (Å²) in [6.07, 6.45) is -71.3. The third kappa shape index (κ3) is 18.5. The Kier molecular flexibility index (Phi) is 29.9. The molecule has 44 nitrogen and oxygen atoms in total. The number of aliphatic hydroxyl groups is 21. The van der Waals surface area contributed by atoms with Gasteiger partial charge in [-0.1, -0.05) is 0 Å². The number of hydrogen-bond acceptors (Lipinski definition) is 40. The maximum Gasteiger partial charge on any atom is 0.217 e. The van der Waals surface area contributed by atoms with Gasteiger partial charge in [0.25, 0.3) is 0 Å². The molecule has 40 atom stereocenters. The first-order chi connectivity index (χ1) is 47.8. The molecule has 8 aliphatic rings. The Morgan fingerprint density at radius 2 is 0.554 bits per heavy atom. The zero-order chi connectivity index (χ0) is 74.5. The van der Waals surface area contributed by atoms with Crippen LogP contribution in [0.2, 0.25) is 0 Å². The Labute approximate surface area is 573 Å². The standard InChI is InChI=1S/C57H96N4O40/c1-14-27(58-15(2)69)37(79)45(23(10-66)88-14)96-52-29(60-17(4)71)38(80)47(25(12-68)93-52)98-55-44(86)48(35(77)26(95-55)13-87-56-49(41(83)33(75)21(8-64)91-56)100-51-28(59-16(3)70)36(78)31(73)19(6-62)89-51)99-57-50(42(84)34(76)22(9-65)92-57)101-53-30(61-18(5)72)39(81)46(24(11-67)94-53)97-54-43(85)40(82)32(74)20(7-63)90-54/h14,19-57,62-68,73-86H,6-13H2,1-5H3,(H,58,69)(H,59,70)(H,60,71)(H,61,72)/t14-,19?,20?,21?,22+,23?,24?,25?,26?,27?,28?,29?,30?,31+,32-,33+,34+,35+,36?,37+,38+,39+,40-,41-,42?,43?,44?,45+,46+,47+,48-,49?,50?,51-,52-,53-,54-,55-,56-,57+/m0/s1. The highest BCUT2D eigenvalue weighted by Crippen LogP contribution is 2.39. The van der Waals surface area contributed by atoms with Gasteiger partial charge in [0.2, 0.25) is 23.6 Å². The molecule has 8 aliphatic heterocycles. The lowest BCUT2D eigenvalue weighted by molar-refractivity contribution is -0.398. The first-order valence-electron chi connectivity index (χ1n) is 32.4. The minimum absolute atomic E-state index is 0.610. The van der Waals surface area contributed by atoms with E-state index in [4.69, 9.17) is 71.1 Å². The quantitative estimate of drug-likeness (QED) is 0.0382. The molecule has 0 aromatic carbocycles. The topological polar surface area (TPSA) is 680 Å². The lowest BCUT2D eigenvalue weighted by atomic mass is 9.92. The van der Waals surface area contributed by atoms with E-state index < -0.39 is 322 Å². The van der Waals surface area contributed by atoms with Gasteiger partial charge in [0.1, 0.15) is 189 Å². The Balaban J connectivity index is 1.14. The van der Waals surface area contributed by atoms with Crippen molar-refractivity contribution in [3.05, 3.63) is 0 Å². The number of carbonyl (C=O) groups is 4. The fourth-order valence-electron chi connectivity index (χ4n) is 13.2. The number of nitrogens with one attached hydrogen (secondary N) is 4. The molecule has 0 bridgehead atoms. The maximum atomic E-state index is 12.9. The predicted molar refractivity (Wildman–Crippen MR) is 314 cm³/mol. The molecule has 4 amide bonds. The summed E-state index contributed by atoms with van der Waals surface area (Å²) in [6.45, 7) is -2.66. The second kappa shape index (κ2) is 36.4. The van der Waals surface area contributed by atoms with Gasteiger partial charge < -0.3 is 200 Å². The van der Waals surface area contributed by atoms with Crippen molar-refractivity contribution < 1.29 is 197 Å². The van der Waals surface area contributed by atoms with Gasteiger partial charge in [0.05, 0.1) is 65.0 Å². The highest BCUT2D eigenvalue weighted by Gasteiger charge is 2.60. The normalized spacial score (nSPS) is 48.3. The fraction of sp³-hybridized carbons (Fsp3) is 0.930. The molecule has 0 spiro atoms. The SMILES string of the molecule is CC(=O)NC1C(O)[C@H](O)C(CO)O[C@H]1OC1[C@@H](OCC2O[C@@H](O[C@@H]3C(CO)O[C@@H](O[C@@H]4C(CO)O[C@@H](C)C(NC(C)=O)[C@H]4O)C(NC(C)=O)[C@H]3O)C(O)[C@@H](O[C@H]3O[C@H](CO)[C@@H](O)C(O)C3O[C@@H]3OC(CO)[C@@H](O[C@@H]4OC(CO)[C@H](O)[C@H](O)C4O)[C@H](O)C3NC(C)=O)[C@@H]2O)OC(CO)[C@@H](O)[C@@H]1O. The van der Waals surface area contributed by atoms with E-state index in [1.165, 1.54) is 6.92 Å². The van der Waals surface area contributed by atoms with Crippen molar-refractivity contribution in [1.82, 2.24) is 21.3 Å². The number of hydrogen-bond donors (Lipinski definition) is 25. The summed E-state index contributed by atoms with van der Waals surface area (Å²) >= 11 is 0. The Hall–Kier alpha value is -3.56. The lowest BCUT2D eigenvalue weighted by Gasteiger charge is -2.51. The molecule has 101 heavy (non-hydrogen) atoms. The van der Waals surface area contributed by atoms with Gasteiger partial charge >= 0.3 is 0 Å². The van der Waals surface area contributed by atoms with Crippen molar-refractivity contribution in [3.8, 4) is 0 Å². The van der Waals surface area contributed by atoms with Crippen LogP contribution < -0.4 is 21.3 Å². The van der Waals surface area contributed by atoms with E-state index in [9.17, 15) is 126 Å². The fourth-order valence-corrected chi connectivity index (χ4v) is 13.2. The molecule has 584 valence electrons. The third-order valence-electron chi connectivity index (χ3n) is 18.5. The van der Waals surface area contributed by atoms with Gasteiger partial charge in [-0.3, -0.25) is 19.2 Å². The van der Waals surface area contributed by atoms with Gasteiger partial charge in [0.15, 0.2) is 44.0 Å². The van der Waals surface area contributed by atoms with Crippen molar-refractivity contribution >= 4 is 23.6 Å². The minimum Gasteiger partial charge on any atom is -0.394 e. The third-order valence-corrected chi connectivity index (χ3v) is 18.5. The molecule has 0 aliphatic carbocycles. The molecule has 0 saturated carbocycles. The summed E-state index contributed by atoms with van der Waals surface area (Å²) in [7, 11) is 0. The molecular formula is C57H96N4O40. The molecule has 44 heteroatoms. The first kappa shape index (κ1) is 83.1. The summed E-state index contributed by atoms with van der Waals surface area (Å²) in [5, 5.41) is 242. The zero-order valence-electron chi connectivity index (χ0n) is 54.9. The van der Waals surface area contributed by atoms with E-state index in [-0.39, 0.29) is 0 Å². The Morgan fingerprint density at radius 3 is 0.980 bits per heavy atom. The van der Waals surface area contributed by atoms with Crippen LogP contribution in [0.25, 0.3) is 0 Å². The molecule has 0 aromatic heterocycles. The van der Waals surface area contributed by atoms with Crippen molar-refractivity contribution in [2.45, 2.75) is 280 Å². The maximum absolute atomic E-state index is 12.9. The van der Waals surface area contributed by atoms with Crippen LogP contribution >= 0.6 is 0 Å². The van der Waals surface area contributed by atoms with E-state index in [1.54, 1.807) is 0 Å². The average molecular weight is 1480 g/mol. The highest BCUT2D eigenvalue weighted by atomic mass is 16.8. The highest BCUT2D eigenvalue weighted by molar-refractivity contribution is 5.74. The number of aliphatic hydroxyl groups excluding tert-OH is 21. The van der Waals surface area contributed by atoms with E-state index in [2.05, 4.69) is 21.3 Å². The molecule has 8 heterocycles. The molecular weight excluding hydrogens is 1380 g/mol. The van der Waals surface area contributed by atoms with Crippen LogP contribution in [0.3, 0.4) is 0 Å². The number of rotatable bonds is 26. The van der Waals surface area contributed by atoms with Crippen LogP contribution in [0, 0.1) is 0 Å². The number of carbonyl (C=O) groups excluding carboxylic acids is 4. The minimum atomic E-state index is -2.50. The first-order valence-corrected chi connectivity index (χ1v) is 32.4. The summed E-state index contributed by atoms with van der Waals surface area (Å²) in [6, 6.07) is -6.61. The second-order valence-electron chi connectivity index (χ2n) is 25.7. The lowest BCUT2D eigenvalue weighted by Crippen LogP contribution is -2.71. The van der Waals surface area contributed by atoms with E-state index in [0.29, 0.717) is 0 Å². The smallest absolute Gasteiger partial charge is 0.217 e. The predicted octanol–water partition coefficient (Wildman–Crippen LogP) is -16.8. The monoisotopic (exact) mass is 1480 g/mol. The van der Waals surface area contributed by atoms with E-state index in [1.807, 2.05) is 0 Å². The summed E-state index contributed by atoms with van der Waals surface area (Å²) < 4.78 is 89.4. The van der Waals surface area contributed by atoms with Crippen molar-refractivity contribution in [2.24, 2.45) is 0 Å². The van der Waals surface area contributed by atoms with Crippen LogP contribution in [0.5, 0.6) is 0 Å². The largest absolute Gasteiger partial charge is 0.394 e. The van der Waals surface area contributed by atoms with E-state index in [0.717, 1.165) is 27.7 Å². The molecule has 8 saturated heterocycles. The van der Waals surface area contributed by atoms with Crippen LogP contribution in [0.1, 0.15) is 34.6 Å². The molecule has 0 radical (unpaired) electrons. The average Bonchev–Trinajstić information content (AvgIpc) is 0.773. The van der Waals surface area contributed by atoms with Crippen LogP contribution in [-0.2, 0) is 90.2 Å². The van der Waals surface area contributed by atoms with E-state index >= 15 is 0 Å². The zero-order valence-corrected chi connectivity index (χ0v) is 54.9. The van der Waals surface area contributed by atoms with Gasteiger partial charge in [-0.2, -0.15) is 0 Å². The summed E-state index contributed by atoms with van der Waals surface area (Å²) in [5.41, 5.74) is 0. The number of amides is 4. The Morgan fingerprint density at radius 1 is 0.267 bits per heavy atom. The van der Waals surface area contributed by atoms with Crippen LogP contribution in [0.4, 0.5) is 0 Å². The van der Waals surface area contributed by atoms with Gasteiger partial charge in [-0.05, 0) is 6.92 Å². The summed E-state index contributed by atoms with van der Waals surface area (Å²) in [4.78, 5) is 50.4. The van der Waals surface area contributed by atoms with Gasteiger partial charge in [-0.15, -0.1) is 0 Å². The molecule has 17 unspecified atom stereocenters. The van der Waals surface area contributed by atoms with Crippen LogP contribution in [-0.4, -0.2) is 429 Å². The molecule has 25 N–H and O–H groups in total. The molecule has 8 rings (SSSR count). The summed E-state index contributed by atoms with van der Waals surface area (Å²) in [5.74, 6) is -3.23. The van der Waals surface area contributed by atoms with Crippen molar-refractivity contribution in [1.29, 1.82) is 0 Å². The second-order valence-corrected chi connectivity index (χ2v) is 25.7. The van der Waals surface area contributed by atoms with Gasteiger partial charge in [-0.25, -0.2) is 0 Å². The van der Waals surface area contributed by atoms with Crippen molar-refractivity contribution in [3.63, 3.8) is 0 Å². The molecule has 0 aromatic rings. The Bertz CT molecular complexity index is 2640. The van der Waals surface area contributed by atoms with Crippen LogP contribution in [0.15, 0.2) is 0 Å². The molecule has 8 fully saturated rings. The number of ether oxygens (including phenoxy) is 15. The van der Waals surface area contributed by atoms with Gasteiger partial charge in [0, 0.05) is 27.7 Å².